The summed E-state index contributed by atoms with van der Waals surface area (Å²) in [5.74, 6) is 0. The third kappa shape index (κ3) is 3.55. The van der Waals surface area contributed by atoms with E-state index < -0.39 is 4.92 Å². The lowest BCUT2D eigenvalue weighted by atomic mass is 10.1. The van der Waals surface area contributed by atoms with E-state index in [-0.39, 0.29) is 5.69 Å². The number of benzene rings is 2. The van der Waals surface area contributed by atoms with Crippen LogP contribution in [0, 0.1) is 10.1 Å². The van der Waals surface area contributed by atoms with Crippen LogP contribution in [0.1, 0.15) is 12.5 Å². The van der Waals surface area contributed by atoms with Crippen molar-refractivity contribution in [1.29, 1.82) is 0 Å². The van der Waals surface area contributed by atoms with E-state index >= 15 is 0 Å². The Balaban J connectivity index is 2.16. The largest absolute Gasteiger partial charge is 0.278 e. The standard InChI is InChI=1S/C14H12ClN3O2/c1-10(11-4-2-5-12(15)8-11)16-17-13-6-3-7-14(9-13)18(19)20/h2-9,17H,1H3/b16-10+. The third-order valence-electron chi connectivity index (χ3n) is 2.65. The summed E-state index contributed by atoms with van der Waals surface area (Å²) in [7, 11) is 0. The van der Waals surface area contributed by atoms with Gasteiger partial charge in [0.25, 0.3) is 5.69 Å². The Morgan fingerprint density at radius 2 is 2.00 bits per heavy atom. The molecule has 0 spiro atoms. The number of hydrogen-bond donors (Lipinski definition) is 1. The molecule has 2 aromatic rings. The molecule has 0 amide bonds. The van der Waals surface area contributed by atoms with E-state index in [4.69, 9.17) is 11.6 Å². The molecule has 0 saturated heterocycles. The van der Waals surface area contributed by atoms with Crippen molar-refractivity contribution in [3.05, 3.63) is 69.2 Å². The van der Waals surface area contributed by atoms with E-state index in [1.54, 1.807) is 24.3 Å². The van der Waals surface area contributed by atoms with Crippen LogP contribution in [-0.4, -0.2) is 10.6 Å². The normalized spacial score (nSPS) is 11.2. The molecule has 0 atom stereocenters. The van der Waals surface area contributed by atoms with Gasteiger partial charge in [-0.05, 0) is 30.7 Å². The molecular weight excluding hydrogens is 278 g/mol. The molecule has 0 radical (unpaired) electrons. The zero-order chi connectivity index (χ0) is 14.5. The molecule has 0 fully saturated rings. The van der Waals surface area contributed by atoms with Gasteiger partial charge in [-0.1, -0.05) is 29.8 Å². The quantitative estimate of drug-likeness (QED) is 0.524. The smallest absolute Gasteiger partial charge is 0.271 e. The van der Waals surface area contributed by atoms with Crippen LogP contribution in [-0.2, 0) is 0 Å². The van der Waals surface area contributed by atoms with Crippen molar-refractivity contribution < 1.29 is 4.92 Å². The van der Waals surface area contributed by atoms with Gasteiger partial charge in [-0.2, -0.15) is 5.10 Å². The first kappa shape index (κ1) is 14.0. The molecule has 0 aliphatic carbocycles. The van der Waals surface area contributed by atoms with E-state index in [2.05, 4.69) is 10.5 Å². The van der Waals surface area contributed by atoms with Gasteiger partial charge < -0.3 is 0 Å². The third-order valence-corrected chi connectivity index (χ3v) is 2.89. The predicted octanol–water partition coefficient (Wildman–Crippen LogP) is 4.08. The van der Waals surface area contributed by atoms with Crippen LogP contribution >= 0.6 is 11.6 Å². The maximum Gasteiger partial charge on any atom is 0.271 e. The Kier molecular flexibility index (Phi) is 4.32. The van der Waals surface area contributed by atoms with Crippen LogP contribution < -0.4 is 5.43 Å². The number of non-ortho nitro benzene ring substituents is 1. The minimum Gasteiger partial charge on any atom is -0.278 e. The van der Waals surface area contributed by atoms with Gasteiger partial charge in [0.15, 0.2) is 0 Å². The molecule has 2 aromatic carbocycles. The maximum absolute atomic E-state index is 10.7. The monoisotopic (exact) mass is 289 g/mol. The Morgan fingerprint density at radius 1 is 1.25 bits per heavy atom. The van der Waals surface area contributed by atoms with Gasteiger partial charge in [-0.15, -0.1) is 0 Å². The number of nitro benzene ring substituents is 1. The van der Waals surface area contributed by atoms with E-state index in [1.807, 2.05) is 19.1 Å². The topological polar surface area (TPSA) is 67.5 Å². The maximum atomic E-state index is 10.7. The number of hydrazone groups is 1. The van der Waals surface area contributed by atoms with Gasteiger partial charge >= 0.3 is 0 Å². The molecule has 0 unspecified atom stereocenters. The van der Waals surface area contributed by atoms with Crippen molar-refractivity contribution in [3.8, 4) is 0 Å². The molecule has 20 heavy (non-hydrogen) atoms. The summed E-state index contributed by atoms with van der Waals surface area (Å²) >= 11 is 5.91. The lowest BCUT2D eigenvalue weighted by Crippen LogP contribution is -2.00. The Morgan fingerprint density at radius 3 is 2.70 bits per heavy atom. The summed E-state index contributed by atoms with van der Waals surface area (Å²) in [6.07, 6.45) is 0. The highest BCUT2D eigenvalue weighted by atomic mass is 35.5. The summed E-state index contributed by atoms with van der Waals surface area (Å²) in [5.41, 5.74) is 4.99. The van der Waals surface area contributed by atoms with E-state index in [9.17, 15) is 10.1 Å². The fourth-order valence-electron chi connectivity index (χ4n) is 1.62. The molecule has 2 rings (SSSR count). The lowest BCUT2D eigenvalue weighted by molar-refractivity contribution is -0.384. The van der Waals surface area contributed by atoms with Crippen LogP contribution in [0.2, 0.25) is 5.02 Å². The second kappa shape index (κ2) is 6.16. The molecule has 0 aromatic heterocycles. The van der Waals surface area contributed by atoms with Gasteiger partial charge in [-0.25, -0.2) is 0 Å². The first-order valence-electron chi connectivity index (χ1n) is 5.87. The molecule has 0 saturated carbocycles. The van der Waals surface area contributed by atoms with Gasteiger partial charge in [0, 0.05) is 17.2 Å². The molecule has 1 N–H and O–H groups in total. The molecule has 0 bridgehead atoms. The van der Waals surface area contributed by atoms with Gasteiger partial charge in [-0.3, -0.25) is 15.5 Å². The molecule has 5 nitrogen and oxygen atoms in total. The number of hydrogen-bond acceptors (Lipinski definition) is 4. The first-order chi connectivity index (χ1) is 9.56. The fourth-order valence-corrected chi connectivity index (χ4v) is 1.81. The SMILES string of the molecule is C/C(=N\Nc1cccc([N+](=O)[O-])c1)c1cccc(Cl)c1. The van der Waals surface area contributed by atoms with Crippen molar-refractivity contribution in [2.45, 2.75) is 6.92 Å². The minimum atomic E-state index is -0.446. The molecule has 0 aliphatic heterocycles. The van der Waals surface area contributed by atoms with E-state index in [0.717, 1.165) is 11.3 Å². The van der Waals surface area contributed by atoms with E-state index in [0.29, 0.717) is 10.7 Å². The first-order valence-corrected chi connectivity index (χ1v) is 6.25. The van der Waals surface area contributed by atoms with Crippen molar-refractivity contribution in [2.75, 3.05) is 5.43 Å². The Bertz CT molecular complexity index is 671. The number of anilines is 1. The Hall–Kier alpha value is -2.40. The van der Waals surface area contributed by atoms with Crippen molar-refractivity contribution in [1.82, 2.24) is 0 Å². The van der Waals surface area contributed by atoms with Gasteiger partial charge in [0.2, 0.25) is 0 Å². The number of nitrogens with zero attached hydrogens (tertiary/aromatic N) is 2. The minimum absolute atomic E-state index is 0.0191. The molecule has 0 aliphatic rings. The zero-order valence-corrected chi connectivity index (χ0v) is 11.5. The second-order valence-corrected chi connectivity index (χ2v) is 4.56. The molecular formula is C14H12ClN3O2. The summed E-state index contributed by atoms with van der Waals surface area (Å²) in [4.78, 5) is 10.2. The van der Waals surface area contributed by atoms with Gasteiger partial charge in [0.05, 0.1) is 16.3 Å². The highest BCUT2D eigenvalue weighted by Gasteiger charge is 2.05. The molecule has 0 heterocycles. The zero-order valence-electron chi connectivity index (χ0n) is 10.7. The van der Waals surface area contributed by atoms with Gasteiger partial charge in [0.1, 0.15) is 0 Å². The van der Waals surface area contributed by atoms with E-state index in [1.165, 1.54) is 12.1 Å². The molecule has 6 heteroatoms. The highest BCUT2D eigenvalue weighted by Crippen LogP contribution is 2.17. The van der Waals surface area contributed by atoms with Crippen LogP contribution in [0.25, 0.3) is 0 Å². The van der Waals surface area contributed by atoms with Crippen LogP contribution in [0.5, 0.6) is 0 Å². The van der Waals surface area contributed by atoms with Crippen molar-refractivity contribution >= 4 is 28.7 Å². The summed E-state index contributed by atoms with van der Waals surface area (Å²) in [6.45, 7) is 1.83. The van der Waals surface area contributed by atoms with Crippen LogP contribution in [0.4, 0.5) is 11.4 Å². The number of nitrogens with one attached hydrogen (secondary N) is 1. The predicted molar refractivity (Wildman–Crippen MR) is 80.4 cm³/mol. The summed E-state index contributed by atoms with van der Waals surface area (Å²) in [5, 5.41) is 15.5. The van der Waals surface area contributed by atoms with Crippen molar-refractivity contribution in [2.24, 2.45) is 5.10 Å². The van der Waals surface area contributed by atoms with Crippen LogP contribution in [0.15, 0.2) is 53.6 Å². The number of halogens is 1. The average molecular weight is 290 g/mol. The lowest BCUT2D eigenvalue weighted by Gasteiger charge is -2.04. The number of rotatable bonds is 4. The fraction of sp³-hybridized carbons (Fsp3) is 0.0714. The highest BCUT2D eigenvalue weighted by molar-refractivity contribution is 6.31. The summed E-state index contributed by atoms with van der Waals surface area (Å²) < 4.78 is 0. The number of nitro groups is 1. The van der Waals surface area contributed by atoms with Crippen LogP contribution in [0.3, 0.4) is 0 Å². The van der Waals surface area contributed by atoms with Crippen molar-refractivity contribution in [3.63, 3.8) is 0 Å². The second-order valence-electron chi connectivity index (χ2n) is 4.13. The Labute approximate surface area is 121 Å². The summed E-state index contributed by atoms with van der Waals surface area (Å²) in [6, 6.07) is 13.5. The molecule has 102 valence electrons. The average Bonchev–Trinajstić information content (AvgIpc) is 2.45.